The van der Waals surface area contributed by atoms with Crippen LogP contribution in [0.5, 0.6) is 0 Å². The van der Waals surface area contributed by atoms with Gasteiger partial charge in [0, 0.05) is 0 Å². The Kier molecular flexibility index (Phi) is 15.6. The molecule has 2 heteroatoms. The first kappa shape index (κ1) is 40.4. The van der Waals surface area contributed by atoms with Gasteiger partial charge in [-0.25, -0.2) is 0 Å². The minimum absolute atomic E-state index is 0. The summed E-state index contributed by atoms with van der Waals surface area (Å²) in [4.78, 5) is 0. The molecule has 0 saturated carbocycles. The van der Waals surface area contributed by atoms with E-state index in [1.807, 2.05) is 0 Å². The SMILES string of the molecule is CCCc1cc2c(-c3ccccc3)ccc(-c3ccccc3)c2[cH-]1.CCCc1cc2c(-c3ccccc3)ccc(-c3ccccc3)c2[cH-]1.[CH3-].[CH3-].[Si]=[Zr]. The molecule has 8 aromatic carbocycles. The molecule has 0 bridgehead atoms. The van der Waals surface area contributed by atoms with Gasteiger partial charge in [0.05, 0.1) is 0 Å². The van der Waals surface area contributed by atoms with Crippen LogP contribution in [0.25, 0.3) is 66.1 Å². The summed E-state index contributed by atoms with van der Waals surface area (Å²) in [7, 11) is 0. The third kappa shape index (κ3) is 9.16. The fourth-order valence-electron chi connectivity index (χ4n) is 7.06. The minimum atomic E-state index is 0. The average molecular weight is 768 g/mol. The molecule has 0 aliphatic heterocycles. The van der Waals surface area contributed by atoms with Gasteiger partial charge in [-0.1, -0.05) is 206 Å². The van der Waals surface area contributed by atoms with Crippen molar-refractivity contribution in [3.63, 3.8) is 0 Å². The van der Waals surface area contributed by atoms with Crippen molar-refractivity contribution in [2.24, 2.45) is 0 Å². The summed E-state index contributed by atoms with van der Waals surface area (Å²) in [6, 6.07) is 61.4. The van der Waals surface area contributed by atoms with Crippen molar-refractivity contribution in [3.05, 3.63) is 196 Å². The molecule has 0 amide bonds. The summed E-state index contributed by atoms with van der Waals surface area (Å²) >= 11 is 1.36. The van der Waals surface area contributed by atoms with Crippen LogP contribution in [0.4, 0.5) is 0 Å². The third-order valence-corrected chi connectivity index (χ3v) is 9.31. The van der Waals surface area contributed by atoms with E-state index in [0.717, 1.165) is 12.8 Å². The molecule has 0 atom stereocenters. The summed E-state index contributed by atoms with van der Waals surface area (Å²) < 4.78 is 0. The van der Waals surface area contributed by atoms with Crippen LogP contribution in [0, 0.1) is 14.9 Å². The third-order valence-electron chi connectivity index (χ3n) is 9.31. The van der Waals surface area contributed by atoms with E-state index >= 15 is 0 Å². The van der Waals surface area contributed by atoms with E-state index in [4.69, 9.17) is 0 Å². The standard InChI is InChI=1S/2C24H21.2CH3.Si.Zr/c2*1-2-9-18-16-23-21(19-10-5-3-6-11-19)14-15-22(24(23)17-18)20-12-7-4-8-13-20;;;;/h2*3-8,10-17H,2,9H2,1H3;2*1H3;;/q4*-1;;. The van der Waals surface area contributed by atoms with Crippen molar-refractivity contribution >= 4 is 28.4 Å². The molecular formula is C50H48SiZr-4. The first-order valence-electron chi connectivity index (χ1n) is 17.6. The molecule has 0 aliphatic rings. The van der Waals surface area contributed by atoms with Gasteiger partial charge in [-0.15, -0.1) is 44.8 Å². The molecule has 0 heterocycles. The Bertz CT molecular complexity index is 1930. The van der Waals surface area contributed by atoms with Crippen molar-refractivity contribution in [2.45, 2.75) is 39.5 Å². The number of hydrogen-bond donors (Lipinski definition) is 0. The van der Waals surface area contributed by atoms with E-state index in [0.29, 0.717) is 0 Å². The van der Waals surface area contributed by atoms with Crippen LogP contribution in [0.15, 0.2) is 170 Å². The number of benzene rings is 6. The van der Waals surface area contributed by atoms with Crippen LogP contribution < -0.4 is 0 Å². The van der Waals surface area contributed by atoms with Crippen molar-refractivity contribution in [2.75, 3.05) is 0 Å². The van der Waals surface area contributed by atoms with E-state index in [-0.39, 0.29) is 14.9 Å². The molecule has 0 unspecified atom stereocenters. The Morgan fingerprint density at radius 3 is 0.962 bits per heavy atom. The summed E-state index contributed by atoms with van der Waals surface area (Å²) in [5.74, 6) is 0. The maximum absolute atomic E-state index is 3.06. The van der Waals surface area contributed by atoms with Gasteiger partial charge in [0.1, 0.15) is 0 Å². The zero-order valence-corrected chi connectivity index (χ0v) is 34.5. The quantitative estimate of drug-likeness (QED) is 0.107. The van der Waals surface area contributed by atoms with Gasteiger partial charge in [0.25, 0.3) is 0 Å². The summed E-state index contributed by atoms with van der Waals surface area (Å²) in [5.41, 5.74) is 13.3. The number of aryl methyl sites for hydroxylation is 2. The molecule has 0 spiro atoms. The Morgan fingerprint density at radius 2 is 0.673 bits per heavy atom. The number of rotatable bonds is 8. The molecule has 0 aliphatic carbocycles. The molecule has 260 valence electrons. The molecule has 0 fully saturated rings. The summed E-state index contributed by atoms with van der Waals surface area (Å²) in [6.45, 7) is 7.55. The Morgan fingerprint density at radius 1 is 0.404 bits per heavy atom. The fraction of sp³-hybridized carbons (Fsp3) is 0.120. The van der Waals surface area contributed by atoms with Crippen molar-refractivity contribution < 1.29 is 23.3 Å². The second-order valence-corrected chi connectivity index (χ2v) is 12.7. The van der Waals surface area contributed by atoms with Crippen molar-refractivity contribution in [1.29, 1.82) is 0 Å². The molecule has 8 rings (SSSR count). The van der Waals surface area contributed by atoms with E-state index in [1.54, 1.807) is 0 Å². The second kappa shape index (κ2) is 20.0. The molecule has 2 radical (unpaired) electrons. The predicted molar refractivity (Wildman–Crippen MR) is 227 cm³/mol. The molecule has 0 N–H and O–H groups in total. The Balaban J connectivity index is 0.000000214. The van der Waals surface area contributed by atoms with Gasteiger partial charge >= 0.3 is 30.2 Å². The summed E-state index contributed by atoms with van der Waals surface area (Å²) in [5, 5.41) is 5.47. The number of hydrogen-bond acceptors (Lipinski definition) is 0. The van der Waals surface area contributed by atoms with Gasteiger partial charge in [-0.05, 0) is 24.0 Å². The van der Waals surface area contributed by atoms with Crippen LogP contribution in [0.3, 0.4) is 0 Å². The van der Waals surface area contributed by atoms with Crippen LogP contribution >= 0.6 is 0 Å². The first-order valence-corrected chi connectivity index (χ1v) is 21.8. The van der Waals surface area contributed by atoms with Gasteiger partial charge in [-0.3, -0.25) is 0 Å². The van der Waals surface area contributed by atoms with Crippen molar-refractivity contribution in [3.8, 4) is 44.5 Å². The fourth-order valence-corrected chi connectivity index (χ4v) is 7.06. The van der Waals surface area contributed by atoms with E-state index in [9.17, 15) is 0 Å². The first-order chi connectivity index (χ1) is 24.7. The van der Waals surface area contributed by atoms with Crippen LogP contribution in [0.2, 0.25) is 0 Å². The molecule has 0 aromatic heterocycles. The van der Waals surface area contributed by atoms with Crippen molar-refractivity contribution in [1.82, 2.24) is 0 Å². The summed E-state index contributed by atoms with van der Waals surface area (Å²) in [6.07, 6.45) is 4.63. The van der Waals surface area contributed by atoms with Gasteiger partial charge in [0.2, 0.25) is 0 Å². The monoisotopic (exact) mass is 766 g/mol. The molecule has 8 aromatic rings. The van der Waals surface area contributed by atoms with Gasteiger partial charge in [-0.2, -0.15) is 12.1 Å². The molecule has 0 nitrogen and oxygen atoms in total. The van der Waals surface area contributed by atoms with Gasteiger partial charge < -0.3 is 14.9 Å². The predicted octanol–water partition coefficient (Wildman–Crippen LogP) is 14.2. The Labute approximate surface area is 329 Å². The van der Waals surface area contributed by atoms with E-state index in [2.05, 4.69) is 191 Å². The maximum atomic E-state index is 3.06. The number of fused-ring (bicyclic) bond motifs is 2. The molecule has 0 saturated heterocycles. The topological polar surface area (TPSA) is 0 Å². The van der Waals surface area contributed by atoms with E-state index < -0.39 is 0 Å². The van der Waals surface area contributed by atoms with Crippen LogP contribution in [0.1, 0.15) is 37.8 Å². The zero-order chi connectivity index (χ0) is 34.7. The van der Waals surface area contributed by atoms with Gasteiger partial charge in [0.15, 0.2) is 0 Å². The van der Waals surface area contributed by atoms with Crippen LogP contribution in [-0.2, 0) is 36.2 Å². The molecular weight excluding hydrogens is 720 g/mol. The second-order valence-electron chi connectivity index (χ2n) is 12.7. The normalized spacial score (nSPS) is 10.2. The zero-order valence-electron chi connectivity index (χ0n) is 31.0. The van der Waals surface area contributed by atoms with E-state index in [1.165, 1.54) is 113 Å². The molecule has 52 heavy (non-hydrogen) atoms. The average Bonchev–Trinajstić information content (AvgIpc) is 3.81. The Hall–Kier alpha value is -4.36. The van der Waals surface area contributed by atoms with Crippen LogP contribution in [-0.4, -0.2) is 6.88 Å².